The number of aliphatic hydroxyl groups is 1. The van der Waals surface area contributed by atoms with E-state index >= 15 is 0 Å². The molecule has 1 heterocycles. The molecule has 2 nitrogen and oxygen atoms in total. The molecule has 3 unspecified atom stereocenters. The van der Waals surface area contributed by atoms with Crippen LogP contribution in [0.25, 0.3) is 0 Å². The van der Waals surface area contributed by atoms with Crippen molar-refractivity contribution in [3.63, 3.8) is 0 Å². The third-order valence-electron chi connectivity index (χ3n) is 2.94. The van der Waals surface area contributed by atoms with E-state index in [1.165, 1.54) is 12.8 Å². The standard InChI is InChI=1S/C9H16O2/c10-8-3-4-9-7(6-8)2-1-5-11-9/h7-10H,1-6H2. The van der Waals surface area contributed by atoms with Gasteiger partial charge in [-0.15, -0.1) is 0 Å². The smallest absolute Gasteiger partial charge is 0.0605 e. The van der Waals surface area contributed by atoms with E-state index in [4.69, 9.17) is 4.74 Å². The van der Waals surface area contributed by atoms with Crippen molar-refractivity contribution < 1.29 is 9.84 Å². The molecule has 0 aromatic carbocycles. The highest BCUT2D eigenvalue weighted by Gasteiger charge is 2.31. The second-order valence-electron chi connectivity index (χ2n) is 3.78. The number of hydrogen-bond donors (Lipinski definition) is 1. The third kappa shape index (κ3) is 1.57. The average molecular weight is 156 g/mol. The lowest BCUT2D eigenvalue weighted by atomic mass is 9.81. The Kier molecular flexibility index (Phi) is 2.14. The summed E-state index contributed by atoms with van der Waals surface area (Å²) in [7, 11) is 0. The maximum absolute atomic E-state index is 9.39. The maximum Gasteiger partial charge on any atom is 0.0605 e. The summed E-state index contributed by atoms with van der Waals surface area (Å²) in [5.74, 6) is 0.660. The van der Waals surface area contributed by atoms with Gasteiger partial charge in [-0.25, -0.2) is 0 Å². The van der Waals surface area contributed by atoms with E-state index in [2.05, 4.69) is 0 Å². The predicted octanol–water partition coefficient (Wildman–Crippen LogP) is 1.33. The molecular weight excluding hydrogens is 140 g/mol. The highest BCUT2D eigenvalue weighted by molar-refractivity contribution is 4.82. The number of rotatable bonds is 0. The summed E-state index contributed by atoms with van der Waals surface area (Å²) in [4.78, 5) is 0. The fraction of sp³-hybridized carbons (Fsp3) is 1.00. The quantitative estimate of drug-likeness (QED) is 0.573. The topological polar surface area (TPSA) is 29.5 Å². The lowest BCUT2D eigenvalue weighted by Crippen LogP contribution is -2.36. The van der Waals surface area contributed by atoms with E-state index in [1.54, 1.807) is 0 Å². The van der Waals surface area contributed by atoms with Gasteiger partial charge in [0, 0.05) is 6.61 Å². The Bertz CT molecular complexity index is 136. The lowest BCUT2D eigenvalue weighted by molar-refractivity contribution is -0.0732. The first-order valence-electron chi connectivity index (χ1n) is 4.66. The first-order valence-corrected chi connectivity index (χ1v) is 4.66. The minimum Gasteiger partial charge on any atom is -0.393 e. The molecule has 0 aromatic rings. The summed E-state index contributed by atoms with van der Waals surface area (Å²) >= 11 is 0. The molecule has 0 amide bonds. The fourth-order valence-electron chi connectivity index (χ4n) is 2.31. The SMILES string of the molecule is OC1CCC2OCCCC2C1. The molecule has 0 radical (unpaired) electrons. The summed E-state index contributed by atoms with van der Waals surface area (Å²) in [6.45, 7) is 0.942. The molecule has 0 bridgehead atoms. The Hall–Kier alpha value is -0.0800. The van der Waals surface area contributed by atoms with E-state index in [0.717, 1.165) is 25.9 Å². The Balaban J connectivity index is 1.93. The zero-order valence-electron chi connectivity index (χ0n) is 6.83. The van der Waals surface area contributed by atoms with Crippen LogP contribution in [0.1, 0.15) is 32.1 Å². The van der Waals surface area contributed by atoms with Gasteiger partial charge in [0.25, 0.3) is 0 Å². The predicted molar refractivity (Wildman–Crippen MR) is 42.3 cm³/mol. The van der Waals surface area contributed by atoms with Crippen molar-refractivity contribution >= 4 is 0 Å². The largest absolute Gasteiger partial charge is 0.393 e. The monoisotopic (exact) mass is 156 g/mol. The Morgan fingerprint density at radius 3 is 3.00 bits per heavy atom. The second-order valence-corrected chi connectivity index (χ2v) is 3.78. The van der Waals surface area contributed by atoms with Crippen molar-refractivity contribution in [1.29, 1.82) is 0 Å². The second kappa shape index (κ2) is 3.11. The summed E-state index contributed by atoms with van der Waals surface area (Å²) < 4.78 is 5.62. The molecule has 2 fully saturated rings. The first-order chi connectivity index (χ1) is 5.36. The minimum atomic E-state index is -0.0436. The molecule has 1 aliphatic heterocycles. The Morgan fingerprint density at radius 1 is 1.18 bits per heavy atom. The molecule has 0 aromatic heterocycles. The van der Waals surface area contributed by atoms with Crippen LogP contribution >= 0.6 is 0 Å². The molecule has 1 saturated heterocycles. The van der Waals surface area contributed by atoms with Gasteiger partial charge in [0.1, 0.15) is 0 Å². The van der Waals surface area contributed by atoms with Crippen molar-refractivity contribution in [2.75, 3.05) is 6.61 Å². The van der Waals surface area contributed by atoms with Crippen LogP contribution < -0.4 is 0 Å². The van der Waals surface area contributed by atoms with Gasteiger partial charge in [-0.2, -0.15) is 0 Å². The number of hydrogen-bond acceptors (Lipinski definition) is 2. The zero-order valence-corrected chi connectivity index (χ0v) is 6.83. The van der Waals surface area contributed by atoms with E-state index in [1.807, 2.05) is 0 Å². The van der Waals surface area contributed by atoms with Gasteiger partial charge in [-0.1, -0.05) is 0 Å². The van der Waals surface area contributed by atoms with E-state index < -0.39 is 0 Å². The Morgan fingerprint density at radius 2 is 2.09 bits per heavy atom. The van der Waals surface area contributed by atoms with E-state index in [-0.39, 0.29) is 6.10 Å². The third-order valence-corrected chi connectivity index (χ3v) is 2.94. The van der Waals surface area contributed by atoms with Crippen molar-refractivity contribution in [2.45, 2.75) is 44.3 Å². The van der Waals surface area contributed by atoms with Crippen molar-refractivity contribution in [1.82, 2.24) is 0 Å². The van der Waals surface area contributed by atoms with Gasteiger partial charge in [0.15, 0.2) is 0 Å². The van der Waals surface area contributed by atoms with Gasteiger partial charge in [0.2, 0.25) is 0 Å². The van der Waals surface area contributed by atoms with Crippen molar-refractivity contribution in [2.24, 2.45) is 5.92 Å². The van der Waals surface area contributed by atoms with Gasteiger partial charge >= 0.3 is 0 Å². The molecule has 2 aliphatic rings. The zero-order chi connectivity index (χ0) is 7.68. The number of fused-ring (bicyclic) bond motifs is 1. The number of aliphatic hydroxyl groups excluding tert-OH is 1. The van der Waals surface area contributed by atoms with E-state index in [0.29, 0.717) is 12.0 Å². The molecule has 2 rings (SSSR count). The average Bonchev–Trinajstić information content (AvgIpc) is 2.04. The van der Waals surface area contributed by atoms with Crippen LogP contribution in [-0.2, 0) is 4.74 Å². The van der Waals surface area contributed by atoms with Crippen LogP contribution in [0.5, 0.6) is 0 Å². The summed E-state index contributed by atoms with van der Waals surface area (Å²) in [5.41, 5.74) is 0. The van der Waals surface area contributed by atoms with Crippen LogP contribution in [0.15, 0.2) is 0 Å². The van der Waals surface area contributed by atoms with Gasteiger partial charge in [-0.05, 0) is 38.0 Å². The lowest BCUT2D eigenvalue weighted by Gasteiger charge is -2.37. The van der Waals surface area contributed by atoms with Crippen molar-refractivity contribution in [3.8, 4) is 0 Å². The number of ether oxygens (including phenoxy) is 1. The van der Waals surface area contributed by atoms with Crippen LogP contribution in [0.4, 0.5) is 0 Å². The molecule has 1 aliphatic carbocycles. The highest BCUT2D eigenvalue weighted by Crippen LogP contribution is 2.33. The van der Waals surface area contributed by atoms with Crippen LogP contribution in [0, 0.1) is 5.92 Å². The molecule has 11 heavy (non-hydrogen) atoms. The molecule has 0 spiro atoms. The highest BCUT2D eigenvalue weighted by atomic mass is 16.5. The molecular formula is C9H16O2. The van der Waals surface area contributed by atoms with Crippen LogP contribution in [0.3, 0.4) is 0 Å². The normalized spacial score (nSPS) is 45.0. The Labute approximate surface area is 67.6 Å². The summed E-state index contributed by atoms with van der Waals surface area (Å²) in [5, 5.41) is 9.39. The van der Waals surface area contributed by atoms with Crippen LogP contribution in [0.2, 0.25) is 0 Å². The molecule has 2 heteroatoms. The van der Waals surface area contributed by atoms with Crippen LogP contribution in [-0.4, -0.2) is 23.9 Å². The molecule has 1 saturated carbocycles. The minimum absolute atomic E-state index is 0.0436. The van der Waals surface area contributed by atoms with Gasteiger partial charge in [0.05, 0.1) is 12.2 Å². The maximum atomic E-state index is 9.39. The van der Waals surface area contributed by atoms with Gasteiger partial charge in [-0.3, -0.25) is 0 Å². The summed E-state index contributed by atoms with van der Waals surface area (Å²) in [6, 6.07) is 0. The molecule has 3 atom stereocenters. The summed E-state index contributed by atoms with van der Waals surface area (Å²) in [6.07, 6.45) is 5.89. The first kappa shape index (κ1) is 7.56. The van der Waals surface area contributed by atoms with Gasteiger partial charge < -0.3 is 9.84 Å². The van der Waals surface area contributed by atoms with Crippen molar-refractivity contribution in [3.05, 3.63) is 0 Å². The molecule has 1 N–H and O–H groups in total. The molecule has 64 valence electrons. The van der Waals surface area contributed by atoms with E-state index in [9.17, 15) is 5.11 Å². The fourth-order valence-corrected chi connectivity index (χ4v) is 2.31.